The molecule has 0 amide bonds. The average Bonchev–Trinajstić information content (AvgIpc) is 2.28. The third kappa shape index (κ3) is 3.13. The molecule has 3 unspecified atom stereocenters. The van der Waals surface area contributed by atoms with Gasteiger partial charge in [-0.05, 0) is 19.1 Å². The number of aliphatic hydroxyl groups excluding tert-OH is 1. The lowest BCUT2D eigenvalue weighted by molar-refractivity contribution is 0.194. The highest BCUT2D eigenvalue weighted by Gasteiger charge is 2.22. The van der Waals surface area contributed by atoms with Crippen molar-refractivity contribution in [2.75, 3.05) is 18.0 Å². The van der Waals surface area contributed by atoms with Gasteiger partial charge in [-0.3, -0.25) is 4.98 Å². The van der Waals surface area contributed by atoms with Crippen molar-refractivity contribution in [1.29, 1.82) is 0 Å². The van der Waals surface area contributed by atoms with Crippen LogP contribution in [0.3, 0.4) is 0 Å². The van der Waals surface area contributed by atoms with Gasteiger partial charge in [0.05, 0.1) is 23.7 Å². The van der Waals surface area contributed by atoms with Crippen LogP contribution in [-0.4, -0.2) is 33.7 Å². The van der Waals surface area contributed by atoms with E-state index in [0.717, 1.165) is 24.5 Å². The number of nitrogens with zero attached hydrogens (tertiary/aromatic N) is 2. The number of pyridine rings is 1. The summed E-state index contributed by atoms with van der Waals surface area (Å²) in [5.74, 6) is 0. The normalized spacial score (nSPS) is 26.9. The van der Waals surface area contributed by atoms with Gasteiger partial charge in [-0.1, -0.05) is 13.8 Å². The molecule has 1 N–H and O–H groups in total. The molecule has 1 aromatic heterocycles. The standard InChI is InChI=1S/C13H20N2OS/c1-9-7-15(8-10(2)17-9)12-4-5-13(11(3)16)14-6-12/h4-6,9-11,16H,7-8H2,1-3H3. The van der Waals surface area contributed by atoms with E-state index in [-0.39, 0.29) is 0 Å². The highest BCUT2D eigenvalue weighted by atomic mass is 32.2. The smallest absolute Gasteiger partial charge is 0.0931 e. The maximum Gasteiger partial charge on any atom is 0.0931 e. The minimum Gasteiger partial charge on any atom is -0.387 e. The van der Waals surface area contributed by atoms with Crippen LogP contribution in [-0.2, 0) is 0 Å². The predicted molar refractivity (Wildman–Crippen MR) is 73.6 cm³/mol. The molecule has 0 saturated carbocycles. The fourth-order valence-electron chi connectivity index (χ4n) is 2.22. The van der Waals surface area contributed by atoms with E-state index in [4.69, 9.17) is 0 Å². The third-order valence-corrected chi connectivity index (χ3v) is 4.21. The molecule has 1 aliphatic heterocycles. The van der Waals surface area contributed by atoms with Crippen molar-refractivity contribution in [2.45, 2.75) is 37.4 Å². The third-order valence-electron chi connectivity index (χ3n) is 2.98. The van der Waals surface area contributed by atoms with Crippen LogP contribution in [0.25, 0.3) is 0 Å². The highest BCUT2D eigenvalue weighted by Crippen LogP contribution is 2.28. The second-order valence-corrected chi connectivity index (χ2v) is 6.66. The quantitative estimate of drug-likeness (QED) is 0.877. The Morgan fingerprint density at radius 1 is 1.35 bits per heavy atom. The first kappa shape index (κ1) is 12.7. The van der Waals surface area contributed by atoms with Crippen molar-refractivity contribution in [3.05, 3.63) is 24.0 Å². The molecule has 3 atom stereocenters. The second-order valence-electron chi connectivity index (χ2n) is 4.78. The van der Waals surface area contributed by atoms with Crippen LogP contribution < -0.4 is 4.90 Å². The van der Waals surface area contributed by atoms with E-state index < -0.39 is 6.10 Å². The van der Waals surface area contributed by atoms with Crippen molar-refractivity contribution in [3.63, 3.8) is 0 Å². The molecule has 0 bridgehead atoms. The van der Waals surface area contributed by atoms with Gasteiger partial charge in [0, 0.05) is 23.6 Å². The predicted octanol–water partition coefficient (Wildman–Crippen LogP) is 2.47. The van der Waals surface area contributed by atoms with Crippen LogP contribution in [0.4, 0.5) is 5.69 Å². The van der Waals surface area contributed by atoms with Crippen LogP contribution in [0, 0.1) is 0 Å². The molecule has 4 heteroatoms. The van der Waals surface area contributed by atoms with E-state index in [1.165, 1.54) is 0 Å². The Morgan fingerprint density at radius 3 is 2.47 bits per heavy atom. The number of aromatic nitrogens is 1. The Morgan fingerprint density at radius 2 is 2.00 bits per heavy atom. The number of anilines is 1. The zero-order valence-electron chi connectivity index (χ0n) is 10.6. The Kier molecular flexibility index (Phi) is 3.94. The van der Waals surface area contributed by atoms with Crippen LogP contribution in [0.1, 0.15) is 32.6 Å². The lowest BCUT2D eigenvalue weighted by Gasteiger charge is -2.36. The van der Waals surface area contributed by atoms with Gasteiger partial charge < -0.3 is 10.0 Å². The first-order valence-corrected chi connectivity index (χ1v) is 7.05. The van der Waals surface area contributed by atoms with Gasteiger partial charge in [-0.15, -0.1) is 0 Å². The fraction of sp³-hybridized carbons (Fsp3) is 0.615. The van der Waals surface area contributed by atoms with Gasteiger partial charge in [-0.25, -0.2) is 0 Å². The van der Waals surface area contributed by atoms with E-state index >= 15 is 0 Å². The molecule has 2 rings (SSSR count). The Hall–Kier alpha value is -0.740. The summed E-state index contributed by atoms with van der Waals surface area (Å²) in [4.78, 5) is 6.68. The van der Waals surface area contributed by atoms with Crippen LogP contribution in [0.5, 0.6) is 0 Å². The lowest BCUT2D eigenvalue weighted by Crippen LogP contribution is -2.40. The zero-order chi connectivity index (χ0) is 12.4. The molecule has 2 heterocycles. The van der Waals surface area contributed by atoms with Gasteiger partial charge in [0.1, 0.15) is 0 Å². The van der Waals surface area contributed by atoms with Crippen LogP contribution in [0.2, 0.25) is 0 Å². The minimum atomic E-state index is -0.487. The molecule has 0 spiro atoms. The summed E-state index contributed by atoms with van der Waals surface area (Å²) in [5, 5.41) is 10.8. The van der Waals surface area contributed by atoms with E-state index in [2.05, 4.69) is 29.8 Å². The molecule has 3 nitrogen and oxygen atoms in total. The minimum absolute atomic E-state index is 0.487. The van der Waals surface area contributed by atoms with Gasteiger partial charge in [0.25, 0.3) is 0 Å². The van der Waals surface area contributed by atoms with Crippen molar-refractivity contribution in [1.82, 2.24) is 4.98 Å². The van der Waals surface area contributed by atoms with Gasteiger partial charge in [0.15, 0.2) is 0 Å². The van der Waals surface area contributed by atoms with Crippen molar-refractivity contribution in [3.8, 4) is 0 Å². The molecular formula is C13H20N2OS. The fourth-order valence-corrected chi connectivity index (χ4v) is 3.55. The summed E-state index contributed by atoms with van der Waals surface area (Å²) in [6.07, 6.45) is 1.39. The SMILES string of the molecule is CC1CN(c2ccc(C(C)O)nc2)CC(C)S1. The zero-order valence-corrected chi connectivity index (χ0v) is 11.4. The highest BCUT2D eigenvalue weighted by molar-refractivity contribution is 8.00. The Labute approximate surface area is 107 Å². The molecule has 0 radical (unpaired) electrons. The van der Waals surface area contributed by atoms with Gasteiger partial charge in [-0.2, -0.15) is 11.8 Å². The molecule has 94 valence electrons. The van der Waals surface area contributed by atoms with Gasteiger partial charge >= 0.3 is 0 Å². The Balaban J connectivity index is 2.11. The monoisotopic (exact) mass is 252 g/mol. The summed E-state index contributed by atoms with van der Waals surface area (Å²) in [7, 11) is 0. The number of rotatable bonds is 2. The summed E-state index contributed by atoms with van der Waals surface area (Å²) in [6, 6.07) is 3.97. The van der Waals surface area contributed by atoms with E-state index in [9.17, 15) is 5.11 Å². The Bertz CT molecular complexity index is 356. The summed E-state index contributed by atoms with van der Waals surface area (Å²) < 4.78 is 0. The molecule has 1 fully saturated rings. The maximum atomic E-state index is 9.43. The van der Waals surface area contributed by atoms with Crippen molar-refractivity contribution < 1.29 is 5.11 Å². The largest absolute Gasteiger partial charge is 0.387 e. The lowest BCUT2D eigenvalue weighted by atomic mass is 10.2. The van der Waals surface area contributed by atoms with E-state index in [1.54, 1.807) is 6.92 Å². The molecule has 17 heavy (non-hydrogen) atoms. The summed E-state index contributed by atoms with van der Waals surface area (Å²) in [6.45, 7) is 8.43. The summed E-state index contributed by atoms with van der Waals surface area (Å²) >= 11 is 2.05. The molecule has 1 aromatic rings. The van der Waals surface area contributed by atoms with Crippen LogP contribution in [0.15, 0.2) is 18.3 Å². The second kappa shape index (κ2) is 5.27. The van der Waals surface area contributed by atoms with Crippen molar-refractivity contribution in [2.24, 2.45) is 0 Å². The molecular weight excluding hydrogens is 232 g/mol. The van der Waals surface area contributed by atoms with Crippen LogP contribution >= 0.6 is 11.8 Å². The molecule has 0 aliphatic carbocycles. The average molecular weight is 252 g/mol. The van der Waals surface area contributed by atoms with E-state index in [1.807, 2.05) is 24.0 Å². The number of hydrogen-bond donors (Lipinski definition) is 1. The summed E-state index contributed by atoms with van der Waals surface area (Å²) in [5.41, 5.74) is 1.90. The number of thioether (sulfide) groups is 1. The first-order chi connectivity index (χ1) is 8.06. The number of hydrogen-bond acceptors (Lipinski definition) is 4. The topological polar surface area (TPSA) is 36.4 Å². The van der Waals surface area contributed by atoms with Crippen molar-refractivity contribution >= 4 is 17.4 Å². The molecule has 1 saturated heterocycles. The number of aliphatic hydroxyl groups is 1. The van der Waals surface area contributed by atoms with Gasteiger partial charge in [0.2, 0.25) is 0 Å². The first-order valence-electron chi connectivity index (χ1n) is 6.10. The maximum absolute atomic E-state index is 9.43. The molecule has 0 aromatic carbocycles. The molecule has 1 aliphatic rings. The van der Waals surface area contributed by atoms with E-state index in [0.29, 0.717) is 10.5 Å².